The monoisotopic (exact) mass is 295 g/mol. The Balaban J connectivity index is 2.28. The molecule has 0 N–H and O–H groups in total. The van der Waals surface area contributed by atoms with Gasteiger partial charge in [-0.1, -0.05) is 12.1 Å². The van der Waals surface area contributed by atoms with Crippen molar-refractivity contribution in [1.82, 2.24) is 14.8 Å². The molecule has 0 bridgehead atoms. The van der Waals surface area contributed by atoms with Crippen LogP contribution in [0.15, 0.2) is 30.3 Å². The number of pyridine rings is 1. The van der Waals surface area contributed by atoms with Crippen molar-refractivity contribution in [2.75, 3.05) is 7.11 Å². The van der Waals surface area contributed by atoms with Crippen molar-refractivity contribution in [3.05, 3.63) is 41.6 Å². The molecule has 0 spiro atoms. The number of para-hydroxylation sites is 1. The summed E-state index contributed by atoms with van der Waals surface area (Å²) in [5.41, 5.74) is 6.10. The molecule has 3 aromatic rings. The number of ether oxygens (including phenoxy) is 1. The van der Waals surface area contributed by atoms with Gasteiger partial charge >= 0.3 is 0 Å². The first-order valence-corrected chi connectivity index (χ1v) is 7.52. The smallest absolute Gasteiger partial charge is 0.128 e. The molecule has 0 aliphatic carbocycles. The van der Waals surface area contributed by atoms with Gasteiger partial charge < -0.3 is 4.74 Å². The number of methoxy groups -OCH3 is 1. The van der Waals surface area contributed by atoms with Crippen LogP contribution in [0.3, 0.4) is 0 Å². The molecular formula is C18H21N3O. The number of rotatable bonds is 3. The van der Waals surface area contributed by atoms with Crippen LogP contribution in [0.25, 0.3) is 22.3 Å². The predicted molar refractivity (Wildman–Crippen MR) is 89.4 cm³/mol. The highest BCUT2D eigenvalue weighted by atomic mass is 16.5. The van der Waals surface area contributed by atoms with Gasteiger partial charge in [-0.25, -0.2) is 4.98 Å². The predicted octanol–water partition coefficient (Wildman–Crippen LogP) is 4.30. The highest BCUT2D eigenvalue weighted by Gasteiger charge is 2.16. The number of aromatic nitrogens is 3. The molecule has 3 rings (SSSR count). The minimum atomic E-state index is 0.314. The number of nitrogens with zero attached hydrogens (tertiary/aromatic N) is 3. The Hall–Kier alpha value is -2.36. The lowest BCUT2D eigenvalue weighted by atomic mass is 10.0. The molecule has 0 radical (unpaired) electrons. The first-order valence-electron chi connectivity index (χ1n) is 7.52. The quantitative estimate of drug-likeness (QED) is 0.723. The summed E-state index contributed by atoms with van der Waals surface area (Å²) in [5.74, 6) is 0.839. The molecule has 4 nitrogen and oxygen atoms in total. The average Bonchev–Trinajstić information content (AvgIpc) is 2.83. The van der Waals surface area contributed by atoms with Crippen molar-refractivity contribution < 1.29 is 4.74 Å². The third kappa shape index (κ3) is 2.25. The van der Waals surface area contributed by atoms with E-state index in [1.807, 2.05) is 35.9 Å². The van der Waals surface area contributed by atoms with Crippen LogP contribution in [0.5, 0.6) is 5.75 Å². The highest BCUT2D eigenvalue weighted by molar-refractivity contribution is 5.83. The van der Waals surface area contributed by atoms with E-state index in [0.717, 1.165) is 39.3 Å². The van der Waals surface area contributed by atoms with E-state index < -0.39 is 0 Å². The second-order valence-electron chi connectivity index (χ2n) is 5.85. The van der Waals surface area contributed by atoms with E-state index in [1.165, 1.54) is 0 Å². The molecule has 0 amide bonds. The van der Waals surface area contributed by atoms with E-state index in [4.69, 9.17) is 9.72 Å². The normalized spacial score (nSPS) is 11.4. The maximum Gasteiger partial charge on any atom is 0.128 e. The van der Waals surface area contributed by atoms with E-state index in [2.05, 4.69) is 31.9 Å². The summed E-state index contributed by atoms with van der Waals surface area (Å²) >= 11 is 0. The Bertz CT molecular complexity index is 834. The second kappa shape index (κ2) is 5.44. The number of benzene rings is 1. The Morgan fingerprint density at radius 2 is 1.86 bits per heavy atom. The summed E-state index contributed by atoms with van der Waals surface area (Å²) < 4.78 is 7.52. The molecule has 4 heteroatoms. The number of fused-ring (bicyclic) bond motifs is 1. The van der Waals surface area contributed by atoms with Crippen molar-refractivity contribution in [3.63, 3.8) is 0 Å². The Morgan fingerprint density at radius 3 is 2.55 bits per heavy atom. The molecule has 0 unspecified atom stereocenters. The van der Waals surface area contributed by atoms with Crippen LogP contribution < -0.4 is 4.74 Å². The largest absolute Gasteiger partial charge is 0.496 e. The lowest BCUT2D eigenvalue weighted by Crippen LogP contribution is -2.03. The van der Waals surface area contributed by atoms with Crippen LogP contribution >= 0.6 is 0 Å². The minimum Gasteiger partial charge on any atom is -0.496 e. The number of hydrogen-bond donors (Lipinski definition) is 0. The molecule has 0 fully saturated rings. The molecule has 0 saturated heterocycles. The zero-order chi connectivity index (χ0) is 15.9. The standard InChI is InChI=1S/C18H21N3O/c1-11(2)21-15-10-12(3)17(19-18(15)13(4)20-21)14-8-6-7-9-16(14)22-5/h6-11H,1-5H3. The van der Waals surface area contributed by atoms with Crippen LogP contribution in [0.1, 0.15) is 31.1 Å². The fourth-order valence-corrected chi connectivity index (χ4v) is 2.81. The van der Waals surface area contributed by atoms with E-state index in [1.54, 1.807) is 7.11 Å². The van der Waals surface area contributed by atoms with Crippen LogP contribution in [0, 0.1) is 13.8 Å². The van der Waals surface area contributed by atoms with Crippen LogP contribution in [-0.4, -0.2) is 21.9 Å². The molecule has 0 aliphatic heterocycles. The molecule has 2 aromatic heterocycles. The van der Waals surface area contributed by atoms with Crippen molar-refractivity contribution >= 4 is 11.0 Å². The van der Waals surface area contributed by atoms with Crippen molar-refractivity contribution in [2.45, 2.75) is 33.7 Å². The zero-order valence-corrected chi connectivity index (χ0v) is 13.7. The van der Waals surface area contributed by atoms with Crippen molar-refractivity contribution in [1.29, 1.82) is 0 Å². The molecule has 1 aromatic carbocycles. The third-order valence-corrected chi connectivity index (χ3v) is 3.89. The van der Waals surface area contributed by atoms with E-state index in [-0.39, 0.29) is 0 Å². The first-order chi connectivity index (χ1) is 10.5. The Kier molecular flexibility index (Phi) is 3.61. The third-order valence-electron chi connectivity index (χ3n) is 3.89. The number of hydrogen-bond acceptors (Lipinski definition) is 3. The van der Waals surface area contributed by atoms with Crippen molar-refractivity contribution in [3.8, 4) is 17.0 Å². The number of aryl methyl sites for hydroxylation is 2. The first kappa shape index (κ1) is 14.6. The zero-order valence-electron chi connectivity index (χ0n) is 13.7. The maximum absolute atomic E-state index is 5.48. The second-order valence-corrected chi connectivity index (χ2v) is 5.85. The van der Waals surface area contributed by atoms with Gasteiger partial charge in [0, 0.05) is 11.6 Å². The van der Waals surface area contributed by atoms with E-state index in [9.17, 15) is 0 Å². The van der Waals surface area contributed by atoms with Gasteiger partial charge in [0.2, 0.25) is 0 Å². The van der Waals surface area contributed by atoms with Gasteiger partial charge in [-0.3, -0.25) is 4.68 Å². The van der Waals surface area contributed by atoms with E-state index in [0.29, 0.717) is 6.04 Å². The van der Waals surface area contributed by atoms with Gasteiger partial charge in [-0.15, -0.1) is 0 Å². The summed E-state index contributed by atoms with van der Waals surface area (Å²) in [6, 6.07) is 10.5. The van der Waals surface area contributed by atoms with Gasteiger partial charge in [0.15, 0.2) is 0 Å². The van der Waals surface area contributed by atoms with E-state index >= 15 is 0 Å². The fourth-order valence-electron chi connectivity index (χ4n) is 2.81. The van der Waals surface area contributed by atoms with Gasteiger partial charge in [-0.05, 0) is 51.5 Å². The van der Waals surface area contributed by atoms with Gasteiger partial charge in [0.1, 0.15) is 11.3 Å². The Morgan fingerprint density at radius 1 is 1.14 bits per heavy atom. The van der Waals surface area contributed by atoms with Gasteiger partial charge in [0.25, 0.3) is 0 Å². The summed E-state index contributed by atoms with van der Waals surface area (Å²) in [6.07, 6.45) is 0. The van der Waals surface area contributed by atoms with Crippen molar-refractivity contribution in [2.24, 2.45) is 0 Å². The summed E-state index contributed by atoms with van der Waals surface area (Å²) in [5, 5.41) is 4.63. The lowest BCUT2D eigenvalue weighted by Gasteiger charge is -2.12. The van der Waals surface area contributed by atoms with Gasteiger partial charge in [0.05, 0.1) is 24.0 Å². The minimum absolute atomic E-state index is 0.314. The topological polar surface area (TPSA) is 39.9 Å². The molecular weight excluding hydrogens is 274 g/mol. The maximum atomic E-state index is 5.48. The highest BCUT2D eigenvalue weighted by Crippen LogP contribution is 2.33. The fraction of sp³-hybridized carbons (Fsp3) is 0.333. The molecule has 2 heterocycles. The molecule has 114 valence electrons. The van der Waals surface area contributed by atoms with Crippen LogP contribution in [0.4, 0.5) is 0 Å². The molecule has 0 atom stereocenters. The summed E-state index contributed by atoms with van der Waals surface area (Å²) in [6.45, 7) is 8.36. The Labute approximate surface area is 130 Å². The molecule has 22 heavy (non-hydrogen) atoms. The average molecular weight is 295 g/mol. The summed E-state index contributed by atoms with van der Waals surface area (Å²) in [7, 11) is 1.69. The van der Waals surface area contributed by atoms with Gasteiger partial charge in [-0.2, -0.15) is 5.10 Å². The SMILES string of the molecule is COc1ccccc1-c1nc2c(C)nn(C(C)C)c2cc1C. The summed E-state index contributed by atoms with van der Waals surface area (Å²) in [4.78, 5) is 4.89. The molecule has 0 saturated carbocycles. The molecule has 0 aliphatic rings. The lowest BCUT2D eigenvalue weighted by molar-refractivity contribution is 0.416. The van der Waals surface area contributed by atoms with Crippen LogP contribution in [-0.2, 0) is 0 Å². The van der Waals surface area contributed by atoms with Crippen LogP contribution in [0.2, 0.25) is 0 Å².